The highest BCUT2D eigenvalue weighted by atomic mass is 19.1. The van der Waals surface area contributed by atoms with Crippen LogP contribution in [0.25, 0.3) is 11.0 Å². The summed E-state index contributed by atoms with van der Waals surface area (Å²) in [6, 6.07) is 14.2. The minimum Gasteiger partial charge on any atom is -0.423 e. The summed E-state index contributed by atoms with van der Waals surface area (Å²) in [6.45, 7) is 3.67. The molecule has 0 aliphatic heterocycles. The van der Waals surface area contributed by atoms with Crippen LogP contribution < -0.4 is 10.9 Å². The molecule has 24 heavy (non-hydrogen) atoms. The van der Waals surface area contributed by atoms with E-state index in [1.807, 2.05) is 24.3 Å². The molecule has 0 atom stereocenters. The Morgan fingerprint density at radius 3 is 2.54 bits per heavy atom. The summed E-state index contributed by atoms with van der Waals surface area (Å²) in [6.07, 6.45) is 1.77. The van der Waals surface area contributed by atoms with E-state index in [4.69, 9.17) is 4.42 Å². The van der Waals surface area contributed by atoms with Gasteiger partial charge in [-0.25, -0.2) is 9.18 Å². The number of nitrogens with two attached hydrogens (primary N) is 1. The smallest absolute Gasteiger partial charge is 0.336 e. The van der Waals surface area contributed by atoms with Crippen molar-refractivity contribution in [2.75, 3.05) is 6.54 Å². The Hall–Kier alpha value is -2.46. The zero-order valence-corrected chi connectivity index (χ0v) is 13.7. The quantitative estimate of drug-likeness (QED) is 0.559. The van der Waals surface area contributed by atoms with Crippen LogP contribution in [0.1, 0.15) is 23.6 Å². The van der Waals surface area contributed by atoms with Crippen molar-refractivity contribution in [3.8, 4) is 0 Å². The maximum absolute atomic E-state index is 12.9. The number of rotatable bonds is 6. The Bertz CT molecular complexity index is 884. The molecule has 1 heterocycles. The van der Waals surface area contributed by atoms with Gasteiger partial charge < -0.3 is 9.73 Å². The molecule has 3 nitrogen and oxygen atoms in total. The van der Waals surface area contributed by atoms with E-state index in [1.165, 1.54) is 12.1 Å². The first-order valence-electron chi connectivity index (χ1n) is 8.27. The van der Waals surface area contributed by atoms with E-state index in [-0.39, 0.29) is 11.4 Å². The molecule has 0 fully saturated rings. The molecule has 3 aromatic rings. The van der Waals surface area contributed by atoms with Gasteiger partial charge in [0.2, 0.25) is 0 Å². The van der Waals surface area contributed by atoms with Crippen LogP contribution in [0.5, 0.6) is 0 Å². The number of fused-ring (bicyclic) bond motifs is 1. The standard InChI is InChI=1S/C20H20FNO2/c1-2-14-5-8-18-16(12-20(23)24-19(18)11-14)13-22-10-9-15-3-6-17(21)7-4-15/h3-8,11-12,22H,2,9-10,13H2,1H3/p+1. The third kappa shape index (κ3) is 3.89. The minimum atomic E-state index is -0.308. The largest absolute Gasteiger partial charge is 0.423 e. The molecule has 0 amide bonds. The summed E-state index contributed by atoms with van der Waals surface area (Å²) in [5.41, 5.74) is 3.60. The van der Waals surface area contributed by atoms with E-state index in [9.17, 15) is 9.18 Å². The monoisotopic (exact) mass is 326 g/mol. The SMILES string of the molecule is CCc1ccc2c(C[NH2+]CCc3ccc(F)cc3)cc(=O)oc2c1. The van der Waals surface area contributed by atoms with Crippen LogP contribution in [0.2, 0.25) is 0 Å². The summed E-state index contributed by atoms with van der Waals surface area (Å²) in [7, 11) is 0. The highest BCUT2D eigenvalue weighted by molar-refractivity contribution is 5.80. The minimum absolute atomic E-state index is 0.211. The van der Waals surface area contributed by atoms with Gasteiger partial charge in [0.15, 0.2) is 0 Å². The molecule has 0 unspecified atom stereocenters. The molecule has 0 saturated heterocycles. The molecule has 2 N–H and O–H groups in total. The van der Waals surface area contributed by atoms with Gasteiger partial charge in [-0.3, -0.25) is 0 Å². The van der Waals surface area contributed by atoms with Gasteiger partial charge in [0.1, 0.15) is 17.9 Å². The molecule has 0 bridgehead atoms. The first-order valence-corrected chi connectivity index (χ1v) is 8.27. The van der Waals surface area contributed by atoms with Gasteiger partial charge in [-0.15, -0.1) is 0 Å². The van der Waals surface area contributed by atoms with Crippen molar-refractivity contribution < 1.29 is 14.1 Å². The zero-order valence-electron chi connectivity index (χ0n) is 13.7. The normalized spacial score (nSPS) is 11.1. The lowest BCUT2D eigenvalue weighted by Gasteiger charge is -2.06. The Morgan fingerprint density at radius 1 is 1.04 bits per heavy atom. The fraction of sp³-hybridized carbons (Fsp3) is 0.250. The van der Waals surface area contributed by atoms with Crippen LogP contribution in [0.3, 0.4) is 0 Å². The predicted molar refractivity (Wildman–Crippen MR) is 92.5 cm³/mol. The zero-order chi connectivity index (χ0) is 16.9. The van der Waals surface area contributed by atoms with Crippen molar-refractivity contribution in [3.63, 3.8) is 0 Å². The molecule has 0 spiro atoms. The maximum atomic E-state index is 12.9. The van der Waals surface area contributed by atoms with Crippen LogP contribution in [0.4, 0.5) is 4.39 Å². The second-order valence-corrected chi connectivity index (χ2v) is 5.93. The lowest BCUT2D eigenvalue weighted by Crippen LogP contribution is -2.83. The summed E-state index contributed by atoms with van der Waals surface area (Å²) < 4.78 is 18.2. The summed E-state index contributed by atoms with van der Waals surface area (Å²) in [4.78, 5) is 11.8. The first-order chi connectivity index (χ1) is 11.7. The number of benzene rings is 2. The fourth-order valence-corrected chi connectivity index (χ4v) is 2.84. The van der Waals surface area contributed by atoms with Crippen LogP contribution in [-0.2, 0) is 19.4 Å². The van der Waals surface area contributed by atoms with Crippen molar-refractivity contribution in [2.45, 2.75) is 26.3 Å². The Kier molecular flexibility index (Phi) is 5.06. The number of hydrogen-bond donors (Lipinski definition) is 1. The lowest BCUT2D eigenvalue weighted by molar-refractivity contribution is -0.670. The molecule has 0 aliphatic carbocycles. The van der Waals surface area contributed by atoms with E-state index in [0.29, 0.717) is 5.58 Å². The van der Waals surface area contributed by atoms with Crippen molar-refractivity contribution in [1.82, 2.24) is 0 Å². The van der Waals surface area contributed by atoms with Crippen LogP contribution in [0.15, 0.2) is 57.7 Å². The average molecular weight is 326 g/mol. The molecule has 3 rings (SSSR count). The van der Waals surface area contributed by atoms with Gasteiger partial charge in [0, 0.05) is 23.4 Å². The molecule has 0 saturated carbocycles. The van der Waals surface area contributed by atoms with Gasteiger partial charge in [-0.2, -0.15) is 0 Å². The molecule has 124 valence electrons. The molecule has 4 heteroatoms. The van der Waals surface area contributed by atoms with E-state index >= 15 is 0 Å². The Labute approximate surface area is 140 Å². The Morgan fingerprint density at radius 2 is 1.79 bits per heavy atom. The van der Waals surface area contributed by atoms with E-state index in [2.05, 4.69) is 18.3 Å². The molecular weight excluding hydrogens is 305 g/mol. The number of quaternary nitrogens is 1. The van der Waals surface area contributed by atoms with Gasteiger partial charge in [-0.1, -0.05) is 31.2 Å². The second kappa shape index (κ2) is 7.41. The summed E-state index contributed by atoms with van der Waals surface area (Å²) in [5.74, 6) is -0.211. The maximum Gasteiger partial charge on any atom is 0.336 e. The van der Waals surface area contributed by atoms with E-state index < -0.39 is 0 Å². The number of hydrogen-bond acceptors (Lipinski definition) is 2. The second-order valence-electron chi connectivity index (χ2n) is 5.93. The van der Waals surface area contributed by atoms with Gasteiger partial charge in [0.25, 0.3) is 0 Å². The molecular formula is C20H21FNO2+. The van der Waals surface area contributed by atoms with Crippen molar-refractivity contribution in [3.05, 3.63) is 81.5 Å². The number of aryl methyl sites for hydroxylation is 1. The fourth-order valence-electron chi connectivity index (χ4n) is 2.84. The van der Waals surface area contributed by atoms with Crippen LogP contribution in [-0.4, -0.2) is 6.54 Å². The highest BCUT2D eigenvalue weighted by Gasteiger charge is 2.08. The molecule has 0 radical (unpaired) electrons. The summed E-state index contributed by atoms with van der Waals surface area (Å²) in [5, 5.41) is 3.15. The molecule has 2 aromatic carbocycles. The molecule has 1 aromatic heterocycles. The Balaban J connectivity index is 1.68. The van der Waals surface area contributed by atoms with E-state index in [0.717, 1.165) is 48.0 Å². The van der Waals surface area contributed by atoms with Gasteiger partial charge in [-0.05, 0) is 35.7 Å². The van der Waals surface area contributed by atoms with Crippen molar-refractivity contribution in [1.29, 1.82) is 0 Å². The lowest BCUT2D eigenvalue weighted by atomic mass is 10.1. The van der Waals surface area contributed by atoms with Gasteiger partial charge >= 0.3 is 5.63 Å². The third-order valence-corrected chi connectivity index (χ3v) is 4.22. The summed E-state index contributed by atoms with van der Waals surface area (Å²) >= 11 is 0. The van der Waals surface area contributed by atoms with Gasteiger partial charge in [0.05, 0.1) is 6.54 Å². The highest BCUT2D eigenvalue weighted by Crippen LogP contribution is 2.18. The van der Waals surface area contributed by atoms with Crippen molar-refractivity contribution in [2.24, 2.45) is 0 Å². The first kappa shape index (κ1) is 16.4. The van der Waals surface area contributed by atoms with Crippen LogP contribution in [0, 0.1) is 5.82 Å². The molecule has 0 aliphatic rings. The average Bonchev–Trinajstić information content (AvgIpc) is 2.59. The third-order valence-electron chi connectivity index (χ3n) is 4.22. The van der Waals surface area contributed by atoms with Crippen molar-refractivity contribution >= 4 is 11.0 Å². The topological polar surface area (TPSA) is 46.8 Å². The van der Waals surface area contributed by atoms with E-state index in [1.54, 1.807) is 6.07 Å². The predicted octanol–water partition coefficient (Wildman–Crippen LogP) is 2.80. The van der Waals surface area contributed by atoms with Crippen LogP contribution >= 0.6 is 0 Å². The number of halogens is 1.